The van der Waals surface area contributed by atoms with E-state index in [-0.39, 0.29) is 18.5 Å². The van der Waals surface area contributed by atoms with Crippen molar-refractivity contribution in [1.82, 2.24) is 0 Å². The molecule has 1 aliphatic carbocycles. The molecule has 0 N–H and O–H groups in total. The molecule has 0 aliphatic heterocycles. The molecule has 0 spiro atoms. The van der Waals surface area contributed by atoms with Gasteiger partial charge < -0.3 is 14.2 Å². The third-order valence-electron chi connectivity index (χ3n) is 3.78. The van der Waals surface area contributed by atoms with Crippen LogP contribution in [0.1, 0.15) is 25.8 Å². The van der Waals surface area contributed by atoms with Crippen LogP contribution in [-0.2, 0) is 24.5 Å². The maximum atomic E-state index is 12.3. The highest BCUT2D eigenvalue weighted by Crippen LogP contribution is 2.56. The normalized spacial score (nSPS) is 23.3. The van der Waals surface area contributed by atoms with E-state index in [0.717, 1.165) is 5.56 Å². The molecule has 2 rings (SSSR count). The Bertz CT molecular complexity index is 522. The van der Waals surface area contributed by atoms with Gasteiger partial charge in [-0.15, -0.1) is 0 Å². The van der Waals surface area contributed by atoms with Crippen LogP contribution in [0.3, 0.4) is 0 Å². The third kappa shape index (κ3) is 2.73. The summed E-state index contributed by atoms with van der Waals surface area (Å²) in [5.41, 5.74) is -0.144. The molecule has 0 heterocycles. The van der Waals surface area contributed by atoms with Crippen LogP contribution < -0.4 is 4.74 Å². The summed E-state index contributed by atoms with van der Waals surface area (Å²) in [6, 6.07) is 7.15. The standard InChI is InChI=1S/C16H20O5/c1-4-20-14(17)13-10-16(13,15(18)21-5-2)11-6-8-12(19-3)9-7-11/h6-9,13H,4-5,10H2,1-3H3. The first kappa shape index (κ1) is 15.4. The number of carbonyl (C=O) groups excluding carboxylic acids is 2. The number of hydrogen-bond acceptors (Lipinski definition) is 5. The average Bonchev–Trinajstić information content (AvgIpc) is 3.25. The van der Waals surface area contributed by atoms with Crippen LogP contribution in [0.2, 0.25) is 0 Å². The fraction of sp³-hybridized carbons (Fsp3) is 0.500. The molecule has 114 valence electrons. The molecule has 1 aromatic carbocycles. The van der Waals surface area contributed by atoms with Gasteiger partial charge in [0.2, 0.25) is 0 Å². The quantitative estimate of drug-likeness (QED) is 0.751. The Labute approximate surface area is 124 Å². The molecule has 2 unspecified atom stereocenters. The van der Waals surface area contributed by atoms with E-state index in [1.54, 1.807) is 45.2 Å². The van der Waals surface area contributed by atoms with Gasteiger partial charge in [0.05, 0.1) is 26.2 Å². The van der Waals surface area contributed by atoms with Gasteiger partial charge in [0, 0.05) is 0 Å². The van der Waals surface area contributed by atoms with Crippen molar-refractivity contribution in [2.75, 3.05) is 20.3 Å². The fourth-order valence-corrected chi connectivity index (χ4v) is 2.60. The van der Waals surface area contributed by atoms with Crippen molar-refractivity contribution in [2.24, 2.45) is 5.92 Å². The molecule has 5 nitrogen and oxygen atoms in total. The molecule has 0 amide bonds. The van der Waals surface area contributed by atoms with E-state index in [4.69, 9.17) is 14.2 Å². The lowest BCUT2D eigenvalue weighted by Crippen LogP contribution is -2.28. The van der Waals surface area contributed by atoms with Crippen molar-refractivity contribution in [3.05, 3.63) is 29.8 Å². The summed E-state index contributed by atoms with van der Waals surface area (Å²) in [7, 11) is 1.58. The minimum atomic E-state index is -0.908. The van der Waals surface area contributed by atoms with Crippen LogP contribution in [0.25, 0.3) is 0 Å². The van der Waals surface area contributed by atoms with Gasteiger partial charge >= 0.3 is 11.9 Å². The summed E-state index contributed by atoms with van der Waals surface area (Å²) in [6.07, 6.45) is 0.428. The van der Waals surface area contributed by atoms with E-state index in [2.05, 4.69) is 0 Å². The van der Waals surface area contributed by atoms with Crippen molar-refractivity contribution in [3.63, 3.8) is 0 Å². The minimum Gasteiger partial charge on any atom is -0.497 e. The zero-order chi connectivity index (χ0) is 15.5. The molecule has 1 aliphatic rings. The highest BCUT2D eigenvalue weighted by molar-refractivity contribution is 5.96. The Morgan fingerprint density at radius 2 is 1.76 bits per heavy atom. The van der Waals surface area contributed by atoms with Crippen molar-refractivity contribution in [2.45, 2.75) is 25.7 Å². The maximum absolute atomic E-state index is 12.3. The summed E-state index contributed by atoms with van der Waals surface area (Å²) >= 11 is 0. The molecule has 0 saturated heterocycles. The summed E-state index contributed by atoms with van der Waals surface area (Å²) < 4.78 is 15.3. The first-order valence-electron chi connectivity index (χ1n) is 7.08. The third-order valence-corrected chi connectivity index (χ3v) is 3.78. The van der Waals surface area contributed by atoms with E-state index < -0.39 is 11.3 Å². The maximum Gasteiger partial charge on any atom is 0.317 e. The predicted octanol–water partition coefficient (Wildman–Crippen LogP) is 2.08. The highest BCUT2D eigenvalue weighted by Gasteiger charge is 2.66. The average molecular weight is 292 g/mol. The molecule has 1 saturated carbocycles. The number of ether oxygens (including phenoxy) is 3. The number of methoxy groups -OCH3 is 1. The summed E-state index contributed by atoms with van der Waals surface area (Å²) in [5, 5.41) is 0. The Morgan fingerprint density at radius 3 is 2.29 bits per heavy atom. The lowest BCUT2D eigenvalue weighted by atomic mass is 9.93. The number of benzene rings is 1. The van der Waals surface area contributed by atoms with Gasteiger partial charge in [0.1, 0.15) is 11.2 Å². The predicted molar refractivity (Wildman–Crippen MR) is 76.0 cm³/mol. The van der Waals surface area contributed by atoms with Crippen LogP contribution in [0.15, 0.2) is 24.3 Å². The van der Waals surface area contributed by atoms with Crippen molar-refractivity contribution < 1.29 is 23.8 Å². The van der Waals surface area contributed by atoms with Crippen molar-refractivity contribution in [1.29, 1.82) is 0 Å². The largest absolute Gasteiger partial charge is 0.497 e. The van der Waals surface area contributed by atoms with Gasteiger partial charge in [-0.25, -0.2) is 0 Å². The topological polar surface area (TPSA) is 61.8 Å². The van der Waals surface area contributed by atoms with Gasteiger partial charge in [0.25, 0.3) is 0 Å². The summed E-state index contributed by atoms with van der Waals surface area (Å²) in [4.78, 5) is 24.3. The second-order valence-electron chi connectivity index (χ2n) is 4.93. The van der Waals surface area contributed by atoms with E-state index in [9.17, 15) is 9.59 Å². The van der Waals surface area contributed by atoms with Gasteiger partial charge in [0.15, 0.2) is 0 Å². The van der Waals surface area contributed by atoms with Crippen LogP contribution in [0.5, 0.6) is 5.75 Å². The molecule has 5 heteroatoms. The number of hydrogen-bond donors (Lipinski definition) is 0. The number of rotatable bonds is 6. The summed E-state index contributed by atoms with van der Waals surface area (Å²) in [6.45, 7) is 4.09. The molecule has 21 heavy (non-hydrogen) atoms. The monoisotopic (exact) mass is 292 g/mol. The van der Waals surface area contributed by atoms with Gasteiger partial charge in [-0.1, -0.05) is 12.1 Å². The lowest BCUT2D eigenvalue weighted by molar-refractivity contribution is -0.152. The SMILES string of the molecule is CCOC(=O)C1CC1(C(=O)OCC)c1ccc(OC)cc1. The van der Waals surface area contributed by atoms with Crippen molar-refractivity contribution in [3.8, 4) is 5.75 Å². The van der Waals surface area contributed by atoms with Crippen LogP contribution in [0.4, 0.5) is 0 Å². The first-order chi connectivity index (χ1) is 10.1. The molecule has 1 fully saturated rings. The molecule has 1 aromatic rings. The second kappa shape index (κ2) is 6.16. The molecular weight excluding hydrogens is 272 g/mol. The molecular formula is C16H20O5. The van der Waals surface area contributed by atoms with E-state index in [0.29, 0.717) is 18.8 Å². The molecule has 0 radical (unpaired) electrons. The Hall–Kier alpha value is -2.04. The number of carbonyl (C=O) groups is 2. The zero-order valence-corrected chi connectivity index (χ0v) is 12.5. The first-order valence-corrected chi connectivity index (χ1v) is 7.08. The second-order valence-corrected chi connectivity index (χ2v) is 4.93. The Kier molecular flexibility index (Phi) is 4.50. The van der Waals surface area contributed by atoms with E-state index >= 15 is 0 Å². The zero-order valence-electron chi connectivity index (χ0n) is 12.5. The Balaban J connectivity index is 2.29. The molecule has 0 aromatic heterocycles. The summed E-state index contributed by atoms with van der Waals surface area (Å²) in [5.74, 6) is -0.481. The van der Waals surface area contributed by atoms with Gasteiger partial charge in [-0.2, -0.15) is 0 Å². The van der Waals surface area contributed by atoms with E-state index in [1.165, 1.54) is 0 Å². The smallest absolute Gasteiger partial charge is 0.317 e. The van der Waals surface area contributed by atoms with Crippen LogP contribution in [0, 0.1) is 5.92 Å². The van der Waals surface area contributed by atoms with Crippen molar-refractivity contribution >= 4 is 11.9 Å². The van der Waals surface area contributed by atoms with Gasteiger partial charge in [-0.3, -0.25) is 9.59 Å². The minimum absolute atomic E-state index is 0.284. The van der Waals surface area contributed by atoms with Crippen LogP contribution >= 0.6 is 0 Å². The van der Waals surface area contributed by atoms with E-state index in [1.807, 2.05) is 0 Å². The lowest BCUT2D eigenvalue weighted by Gasteiger charge is -2.16. The molecule has 0 bridgehead atoms. The highest BCUT2D eigenvalue weighted by atomic mass is 16.5. The fourth-order valence-electron chi connectivity index (χ4n) is 2.60. The van der Waals surface area contributed by atoms with Gasteiger partial charge in [-0.05, 0) is 38.0 Å². The number of esters is 2. The molecule has 2 atom stereocenters. The van der Waals surface area contributed by atoms with Crippen LogP contribution in [-0.4, -0.2) is 32.3 Å². The Morgan fingerprint density at radius 1 is 1.14 bits per heavy atom.